The van der Waals surface area contributed by atoms with Crippen molar-refractivity contribution in [3.8, 4) is 5.75 Å². The molecule has 1 aliphatic rings. The van der Waals surface area contributed by atoms with Crippen LogP contribution in [0.4, 0.5) is 16.0 Å². The molecular formula is C22H27FN8O3. The molecule has 12 heteroatoms. The Labute approximate surface area is 194 Å². The van der Waals surface area contributed by atoms with Gasteiger partial charge in [-0.3, -0.25) is 4.68 Å². The molecule has 0 unspecified atom stereocenters. The van der Waals surface area contributed by atoms with E-state index in [0.29, 0.717) is 48.6 Å². The van der Waals surface area contributed by atoms with E-state index in [1.165, 1.54) is 23.8 Å². The van der Waals surface area contributed by atoms with Crippen LogP contribution in [0.3, 0.4) is 0 Å². The van der Waals surface area contributed by atoms with E-state index in [2.05, 4.69) is 25.1 Å². The van der Waals surface area contributed by atoms with Crippen molar-refractivity contribution in [2.75, 3.05) is 37.4 Å². The molecule has 1 aromatic carbocycles. The molecule has 3 aromatic heterocycles. The van der Waals surface area contributed by atoms with E-state index in [-0.39, 0.29) is 11.7 Å². The van der Waals surface area contributed by atoms with Crippen molar-refractivity contribution >= 4 is 28.2 Å². The highest BCUT2D eigenvalue weighted by atomic mass is 19.1. The monoisotopic (exact) mass is 470 g/mol. The molecule has 4 heterocycles. The molecule has 0 amide bonds. The number of hydrogen-bond donors (Lipinski definition) is 2. The minimum absolute atomic E-state index is 0.0789. The quantitative estimate of drug-likeness (QED) is 0.449. The van der Waals surface area contributed by atoms with Gasteiger partial charge in [-0.1, -0.05) is 0 Å². The van der Waals surface area contributed by atoms with Crippen molar-refractivity contribution in [3.05, 3.63) is 35.7 Å². The van der Waals surface area contributed by atoms with E-state index in [4.69, 9.17) is 15.2 Å². The Morgan fingerprint density at radius 2 is 2.09 bits per heavy atom. The average molecular weight is 471 g/mol. The Balaban J connectivity index is 1.48. The lowest BCUT2D eigenvalue weighted by molar-refractivity contribution is 0.0341. The first-order chi connectivity index (χ1) is 16.1. The molecule has 0 aliphatic carbocycles. The predicted octanol–water partition coefficient (Wildman–Crippen LogP) is 1.86. The van der Waals surface area contributed by atoms with Crippen LogP contribution in [0.1, 0.15) is 31.5 Å². The van der Waals surface area contributed by atoms with Gasteiger partial charge in [0.05, 0.1) is 49.3 Å². The largest absolute Gasteiger partial charge is 0.494 e. The molecule has 1 atom stereocenters. The molecule has 11 nitrogen and oxygen atoms in total. The highest BCUT2D eigenvalue weighted by Gasteiger charge is 2.29. The third kappa shape index (κ3) is 3.99. The molecule has 1 fully saturated rings. The summed E-state index contributed by atoms with van der Waals surface area (Å²) in [4.78, 5) is 11.1. The summed E-state index contributed by atoms with van der Waals surface area (Å²) in [7, 11) is 1.39. The van der Waals surface area contributed by atoms with Crippen LogP contribution in [0, 0.1) is 12.7 Å². The number of benzene rings is 1. The van der Waals surface area contributed by atoms with Crippen LogP contribution in [-0.4, -0.2) is 66.9 Å². The van der Waals surface area contributed by atoms with Crippen molar-refractivity contribution in [3.63, 3.8) is 0 Å². The topological polar surface area (TPSA) is 129 Å². The number of nitrogen functional groups attached to an aromatic ring is 1. The fraction of sp³-hybridized carbons (Fsp3) is 0.455. The van der Waals surface area contributed by atoms with Crippen LogP contribution >= 0.6 is 0 Å². The van der Waals surface area contributed by atoms with Crippen molar-refractivity contribution in [1.29, 1.82) is 0 Å². The Bertz CT molecular complexity index is 1380. The molecule has 0 saturated carbocycles. The normalized spacial score (nSPS) is 17.1. The van der Waals surface area contributed by atoms with Crippen molar-refractivity contribution in [2.45, 2.75) is 39.0 Å². The van der Waals surface area contributed by atoms with Crippen LogP contribution in [0.15, 0.2) is 18.3 Å². The van der Waals surface area contributed by atoms with E-state index >= 15 is 0 Å². The molecule has 3 N–H and O–H groups in total. The van der Waals surface area contributed by atoms with Gasteiger partial charge in [0.25, 0.3) is 0 Å². The third-order valence-corrected chi connectivity index (χ3v) is 5.75. The molecule has 180 valence electrons. The SMILES string of the molecule is COc1cc2nc(N)n3nc([C@@H]4CN(c5cn(CC(C)(C)O)nc5C)CCO4)nc3c2cc1F. The maximum absolute atomic E-state index is 14.4. The molecule has 0 radical (unpaired) electrons. The number of methoxy groups -OCH3 is 1. The van der Waals surface area contributed by atoms with Crippen LogP contribution in [-0.2, 0) is 11.3 Å². The highest BCUT2D eigenvalue weighted by Crippen LogP contribution is 2.30. The van der Waals surface area contributed by atoms with E-state index in [9.17, 15) is 9.50 Å². The smallest absolute Gasteiger partial charge is 0.223 e. The average Bonchev–Trinajstić information content (AvgIpc) is 3.37. The van der Waals surface area contributed by atoms with Gasteiger partial charge in [-0.05, 0) is 26.8 Å². The lowest BCUT2D eigenvalue weighted by Gasteiger charge is -2.32. The summed E-state index contributed by atoms with van der Waals surface area (Å²) in [5.74, 6) is 0.122. The van der Waals surface area contributed by atoms with Crippen LogP contribution < -0.4 is 15.4 Å². The molecule has 0 bridgehead atoms. The zero-order chi connectivity index (χ0) is 24.2. The molecule has 1 aliphatic heterocycles. The second-order valence-electron chi connectivity index (χ2n) is 9.09. The number of aromatic nitrogens is 6. The summed E-state index contributed by atoms with van der Waals surface area (Å²) in [6, 6.07) is 2.81. The van der Waals surface area contributed by atoms with Crippen molar-refractivity contribution < 1.29 is 19.0 Å². The fourth-order valence-electron chi connectivity index (χ4n) is 4.26. The number of aliphatic hydroxyl groups is 1. The first kappa shape index (κ1) is 22.3. The summed E-state index contributed by atoms with van der Waals surface area (Å²) >= 11 is 0. The Morgan fingerprint density at radius 1 is 1.29 bits per heavy atom. The zero-order valence-electron chi connectivity index (χ0n) is 19.5. The summed E-state index contributed by atoms with van der Waals surface area (Å²) in [5.41, 5.74) is 7.92. The molecule has 4 aromatic rings. The zero-order valence-corrected chi connectivity index (χ0v) is 19.5. The molecule has 1 saturated heterocycles. The maximum Gasteiger partial charge on any atom is 0.223 e. The van der Waals surface area contributed by atoms with Crippen molar-refractivity contribution in [1.82, 2.24) is 29.4 Å². The van der Waals surface area contributed by atoms with Gasteiger partial charge < -0.3 is 25.2 Å². The van der Waals surface area contributed by atoms with Crippen molar-refractivity contribution in [2.24, 2.45) is 0 Å². The Morgan fingerprint density at radius 3 is 2.82 bits per heavy atom. The number of nitrogens with two attached hydrogens (primary N) is 1. The second kappa shape index (κ2) is 8.06. The Hall–Kier alpha value is -3.51. The lowest BCUT2D eigenvalue weighted by atomic mass is 10.1. The number of fused-ring (bicyclic) bond motifs is 3. The molecule has 0 spiro atoms. The van der Waals surface area contributed by atoms with E-state index in [1.54, 1.807) is 18.5 Å². The number of nitrogens with zero attached hydrogens (tertiary/aromatic N) is 7. The number of rotatable bonds is 5. The van der Waals surface area contributed by atoms with Gasteiger partial charge in [0, 0.05) is 24.2 Å². The molecular weight excluding hydrogens is 443 g/mol. The number of hydrogen-bond acceptors (Lipinski definition) is 9. The Kier molecular flexibility index (Phi) is 5.29. The summed E-state index contributed by atoms with van der Waals surface area (Å²) < 4.78 is 28.6. The lowest BCUT2D eigenvalue weighted by Crippen LogP contribution is -2.39. The predicted molar refractivity (Wildman–Crippen MR) is 123 cm³/mol. The van der Waals surface area contributed by atoms with E-state index in [0.717, 1.165) is 11.4 Å². The third-order valence-electron chi connectivity index (χ3n) is 5.75. The number of halogens is 1. The fourth-order valence-corrected chi connectivity index (χ4v) is 4.26. The summed E-state index contributed by atoms with van der Waals surface area (Å²) in [5, 5.41) is 19.7. The van der Waals surface area contributed by atoms with Gasteiger partial charge in [-0.2, -0.15) is 9.61 Å². The minimum atomic E-state index is -0.871. The molecule has 5 rings (SSSR count). The van der Waals surface area contributed by atoms with Gasteiger partial charge in [0.1, 0.15) is 6.10 Å². The number of ether oxygens (including phenoxy) is 2. The van der Waals surface area contributed by atoms with Gasteiger partial charge in [0.2, 0.25) is 5.95 Å². The van der Waals surface area contributed by atoms with E-state index in [1.807, 2.05) is 13.1 Å². The van der Waals surface area contributed by atoms with Crippen LogP contribution in [0.2, 0.25) is 0 Å². The number of aryl methyl sites for hydroxylation is 1. The second-order valence-corrected chi connectivity index (χ2v) is 9.09. The first-order valence-electron chi connectivity index (χ1n) is 11.0. The van der Waals surface area contributed by atoms with Gasteiger partial charge in [-0.25, -0.2) is 14.4 Å². The van der Waals surface area contributed by atoms with Crippen LogP contribution in [0.25, 0.3) is 16.6 Å². The van der Waals surface area contributed by atoms with Crippen LogP contribution in [0.5, 0.6) is 5.75 Å². The first-order valence-corrected chi connectivity index (χ1v) is 11.0. The van der Waals surface area contributed by atoms with Gasteiger partial charge in [0.15, 0.2) is 23.0 Å². The van der Waals surface area contributed by atoms with E-state index < -0.39 is 17.5 Å². The van der Waals surface area contributed by atoms with Gasteiger partial charge >= 0.3 is 0 Å². The minimum Gasteiger partial charge on any atom is -0.494 e. The maximum atomic E-state index is 14.4. The number of morpholine rings is 1. The van der Waals surface area contributed by atoms with Gasteiger partial charge in [-0.15, -0.1) is 5.10 Å². The standard InChI is InChI=1S/C22H27FN8O3/c1-12-16(9-30(27-12)11-22(2,3)32)29-5-6-34-18(10-29)19-26-20-13-7-14(23)17(33-4)8-15(13)25-21(24)31(20)28-19/h7-9,18,32H,5-6,10-11H2,1-4H3,(H2,24,25)/t18-/m0/s1. The summed E-state index contributed by atoms with van der Waals surface area (Å²) in [6.45, 7) is 7.46. The highest BCUT2D eigenvalue weighted by molar-refractivity contribution is 5.93. The number of anilines is 2. The summed E-state index contributed by atoms with van der Waals surface area (Å²) in [6.07, 6.45) is 1.50. The molecule has 34 heavy (non-hydrogen) atoms.